The Morgan fingerprint density at radius 3 is 1.39 bits per heavy atom. The molecule has 12 heterocycles. The van der Waals surface area contributed by atoms with Gasteiger partial charge in [0.15, 0.2) is 0 Å². The van der Waals surface area contributed by atoms with Gasteiger partial charge in [-0.2, -0.15) is 22.5 Å². The van der Waals surface area contributed by atoms with Crippen molar-refractivity contribution in [3.8, 4) is 40.4 Å². The SMILES string of the molecule is Brc1ccccc1Br.C.C.Cc1cc(-c2cccc(Br)n2)n[nH]1.Cc1cc2c3nc(Br)ccc3c3ccccc3n2n1.Cc1cc2c3nc(Oc4ccc5c6ccccc6n(-c6ccccn6)c5c4)ccc3c3ccccc3n2n1.Oc1ccc2c3ccccc3n(-c3ccccn3)c2c1.[2H]OOC=O.[CH2-]F.[Cs+].[Cs+]. The Morgan fingerprint density at radius 1 is 0.454 bits per heavy atom. The van der Waals surface area contributed by atoms with Gasteiger partial charge in [0, 0.05) is 88.3 Å². The number of rotatable bonds is 7. The van der Waals surface area contributed by atoms with Gasteiger partial charge in [0.2, 0.25) is 5.88 Å². The van der Waals surface area contributed by atoms with E-state index in [2.05, 4.69) is 215 Å². The molecule has 0 atom stereocenters. The molecule has 108 heavy (non-hydrogen) atoms. The summed E-state index contributed by atoms with van der Waals surface area (Å²) in [7, 11) is 1.75. The van der Waals surface area contributed by atoms with Crippen molar-refractivity contribution in [2.24, 2.45) is 0 Å². The zero-order valence-corrected chi connectivity index (χ0v) is 76.4. The molecule has 19 rings (SSSR count). The van der Waals surface area contributed by atoms with Crippen molar-refractivity contribution in [2.75, 3.05) is 0 Å². The van der Waals surface area contributed by atoms with Crippen molar-refractivity contribution >= 4 is 168 Å². The molecule has 0 aliphatic rings. The molecular weight excluding hydrogens is 1860 g/mol. The zero-order valence-electron chi connectivity index (χ0n) is 58.5. The molecule has 0 aliphatic heterocycles. The number of nitrogens with zero attached hydrogens (tertiary/aromatic N) is 12. The van der Waals surface area contributed by atoms with E-state index in [9.17, 15) is 9.50 Å². The summed E-state index contributed by atoms with van der Waals surface area (Å²) in [5.74, 6) is 3.23. The maximum absolute atomic E-state index is 9.79. The number of carbonyl (C=O) groups excluding carboxylic acids is 1. The second kappa shape index (κ2) is 39.4. The first-order valence-electron chi connectivity index (χ1n) is 32.5. The number of aryl methyl sites for hydroxylation is 3. The number of aromatic hydroxyl groups is 1. The van der Waals surface area contributed by atoms with Gasteiger partial charge in [-0.15, -0.1) is 0 Å². The summed E-state index contributed by atoms with van der Waals surface area (Å²) in [4.78, 5) is 35.2. The van der Waals surface area contributed by atoms with Gasteiger partial charge in [-0.3, -0.25) is 19.0 Å². The summed E-state index contributed by atoms with van der Waals surface area (Å²) >= 11 is 13.5. The summed E-state index contributed by atoms with van der Waals surface area (Å²) < 4.78 is 33.3. The fraction of sp³-hybridized carbons (Fsp3) is 0.0602. The molecule has 0 saturated heterocycles. The third kappa shape index (κ3) is 18.7. The maximum Gasteiger partial charge on any atom is 1.00 e. The van der Waals surface area contributed by atoms with Crippen LogP contribution in [0.15, 0.2) is 285 Å². The van der Waals surface area contributed by atoms with E-state index in [1.807, 2.05) is 182 Å². The molecule has 530 valence electrons. The molecular formula is C83H67Br4Cs2FN13O5+. The second-order valence-corrected chi connectivity index (χ2v) is 26.6. The summed E-state index contributed by atoms with van der Waals surface area (Å²) in [6.07, 6.45) is 3.59. The monoisotopic (exact) mass is 1930 g/mol. The summed E-state index contributed by atoms with van der Waals surface area (Å²) in [6, 6.07) is 84.5. The number of ether oxygens (including phenoxy) is 1. The van der Waals surface area contributed by atoms with Gasteiger partial charge < -0.3 is 19.1 Å². The average molecular weight is 1930 g/mol. The first-order chi connectivity index (χ1) is 51.3. The number of carbonyl (C=O) groups is 1. The van der Waals surface area contributed by atoms with E-state index < -0.39 is 0 Å². The van der Waals surface area contributed by atoms with Crippen LogP contribution in [0.1, 0.15) is 31.9 Å². The number of phenols is 1. The molecule has 25 heteroatoms. The van der Waals surface area contributed by atoms with Crippen LogP contribution < -0.4 is 143 Å². The van der Waals surface area contributed by atoms with Crippen molar-refractivity contribution < 1.29 is 167 Å². The molecule has 7 aromatic carbocycles. The minimum Gasteiger partial charge on any atom is -0.508 e. The number of phenolic OH excluding ortho intramolecular Hbond substituents is 1. The van der Waals surface area contributed by atoms with Crippen LogP contribution in [0.5, 0.6) is 17.4 Å². The van der Waals surface area contributed by atoms with Crippen molar-refractivity contribution in [1.82, 2.24) is 63.5 Å². The number of hydrogen-bond donors (Lipinski definition) is 3. The van der Waals surface area contributed by atoms with E-state index in [1.54, 1.807) is 25.5 Å². The Bertz CT molecular complexity index is 6310. The van der Waals surface area contributed by atoms with Crippen molar-refractivity contribution in [2.45, 2.75) is 35.6 Å². The van der Waals surface area contributed by atoms with Crippen molar-refractivity contribution in [1.29, 1.82) is 1.43 Å². The Balaban J connectivity index is 0.000000165. The summed E-state index contributed by atoms with van der Waals surface area (Å²) in [5.41, 5.74) is 15.0. The molecule has 19 aromatic rings. The number of pyridine rings is 7. The fourth-order valence-electron chi connectivity index (χ4n) is 12.3. The van der Waals surface area contributed by atoms with Crippen LogP contribution in [-0.2, 0) is 9.68 Å². The number of halogens is 5. The van der Waals surface area contributed by atoms with Crippen LogP contribution >= 0.6 is 63.7 Å². The van der Waals surface area contributed by atoms with E-state index in [0.29, 0.717) is 11.6 Å². The summed E-state index contributed by atoms with van der Waals surface area (Å²) in [6.45, 7) is 6.00. The van der Waals surface area contributed by atoms with E-state index in [4.69, 9.17) is 21.0 Å². The Kier molecular flexibility index (Phi) is 30.3. The number of aromatic amines is 1. The quantitative estimate of drug-likeness (QED) is 0.0339. The molecule has 0 aliphatic carbocycles. The molecule has 0 fully saturated rings. The van der Waals surface area contributed by atoms with E-state index >= 15 is 0 Å². The van der Waals surface area contributed by atoms with E-state index in [1.165, 1.54) is 10.8 Å². The van der Waals surface area contributed by atoms with Crippen LogP contribution in [0.4, 0.5) is 4.39 Å². The van der Waals surface area contributed by atoms with Crippen LogP contribution in [0, 0.1) is 27.9 Å². The Morgan fingerprint density at radius 2 is 0.907 bits per heavy atom. The van der Waals surface area contributed by atoms with Gasteiger partial charge in [0.05, 0.1) is 66.7 Å². The third-order valence-corrected chi connectivity index (χ3v) is 19.4. The first-order valence-corrected chi connectivity index (χ1v) is 35.3. The number of nitrogens with one attached hydrogen (secondary N) is 1. The summed E-state index contributed by atoms with van der Waals surface area (Å²) in [5, 5.41) is 38.3. The molecule has 12 aromatic heterocycles. The van der Waals surface area contributed by atoms with Gasteiger partial charge >= 0.3 is 144 Å². The predicted octanol–water partition coefficient (Wildman–Crippen LogP) is 17.0. The van der Waals surface area contributed by atoms with Gasteiger partial charge in [-0.1, -0.05) is 118 Å². The largest absolute Gasteiger partial charge is 1.00 e. The van der Waals surface area contributed by atoms with Gasteiger partial charge in [0.25, 0.3) is 1.43 Å². The number of hydrogen-bond acceptors (Lipinski definition) is 13. The Hall–Kier alpha value is -7.50. The Labute approximate surface area is 774 Å². The molecule has 0 radical (unpaired) electrons. The third-order valence-electron chi connectivity index (χ3n) is 16.6. The van der Waals surface area contributed by atoms with Crippen molar-refractivity contribution in [3.05, 3.63) is 310 Å². The van der Waals surface area contributed by atoms with Crippen molar-refractivity contribution in [3.63, 3.8) is 0 Å². The van der Waals surface area contributed by atoms with E-state index in [0.717, 1.165) is 146 Å². The van der Waals surface area contributed by atoms with Gasteiger partial charge in [-0.25, -0.2) is 39.2 Å². The van der Waals surface area contributed by atoms with Gasteiger partial charge in [-0.05, 0) is 218 Å². The molecule has 18 nitrogen and oxygen atoms in total. The van der Waals surface area contributed by atoms with E-state index in [-0.39, 0.29) is 165 Å². The minimum absolute atomic E-state index is 0. The standard InChI is InChI=1S/C32H21N5O.C17H12N2O.C15H10BrN3.C9H8BrN3.C6H4Br2.CH2F.CH2O3.2CH4.2Cs/c1-20-18-29-32-25(23-9-3-5-11-27(23)37(29)35-20)15-16-31(34-32)38-21-13-14-24-22-8-2-4-10-26(22)36(28(24)19-21)30-12-6-7-17-33-30;20-12-8-9-14-13-5-1-2-6-15(13)19(16(14)11-12)17-7-3-4-10-18-17;1-9-8-13-15-11(6-7-14(16)17-15)10-4-2-3-5-12(10)19(13)18-9;1-6-5-8(13-12-6)7-3-2-4-9(10)11-7;7-5-3-1-2-4-6(5)8;1-2;2-1-4-3;;;;/h2-19H,1H3;1-11,20H;2-8H,1H3;2-5H,1H3,(H,12,13);1-4H;1H2;1,3H;2*1H4;;/q;;;;;-1;;;;2*+1/i/hD. The number of benzene rings is 7. The predicted molar refractivity (Wildman–Crippen MR) is 438 cm³/mol. The molecule has 0 bridgehead atoms. The average Bonchev–Trinajstić information content (AvgIpc) is 1.75. The van der Waals surface area contributed by atoms with Crippen LogP contribution in [-0.4, -0.2) is 80.3 Å². The molecule has 0 amide bonds. The van der Waals surface area contributed by atoms with Crippen LogP contribution in [0.2, 0.25) is 0 Å². The second-order valence-electron chi connectivity index (χ2n) is 23.2. The normalized spacial score (nSPS) is 10.6. The van der Waals surface area contributed by atoms with Gasteiger partial charge in [0.1, 0.15) is 43.6 Å². The maximum atomic E-state index is 9.79. The smallest absolute Gasteiger partial charge is 0.508 e. The van der Waals surface area contributed by atoms with Crippen LogP contribution in [0.3, 0.4) is 0 Å². The topological polar surface area (TPSA) is 214 Å². The minimum atomic E-state index is 0. The zero-order chi connectivity index (χ0) is 73.1. The molecule has 0 spiro atoms. The fourth-order valence-corrected chi connectivity index (χ4v) is 13.6. The number of H-pyrrole nitrogens is 1. The van der Waals surface area contributed by atoms with Crippen LogP contribution in [0.25, 0.3) is 123 Å². The first kappa shape index (κ1) is 83.0. The number of para-hydroxylation sites is 4. The molecule has 0 unspecified atom stereocenters. The molecule has 0 saturated carbocycles. The number of aromatic nitrogens is 13. The molecule has 3 N–H and O–H groups in total. The number of fused-ring (bicyclic) bond motifs is 18.